The Hall–Kier alpha value is -1.78. The first kappa shape index (κ1) is 24.9. The summed E-state index contributed by atoms with van der Waals surface area (Å²) in [5.74, 6) is 1.90. The van der Waals surface area contributed by atoms with Gasteiger partial charge in [0.1, 0.15) is 11.5 Å². The maximum Gasteiger partial charge on any atom is 0.127 e. The lowest BCUT2D eigenvalue weighted by atomic mass is 10.0. The molecule has 0 amide bonds. The first-order valence-electron chi connectivity index (χ1n) is 12.3. The molecular weight excluding hydrogens is 432 g/mol. The second kappa shape index (κ2) is 14.4. The Morgan fingerprint density at radius 3 is 2.06 bits per heavy atom. The summed E-state index contributed by atoms with van der Waals surface area (Å²) in [5.41, 5.74) is 2.39. The van der Waals surface area contributed by atoms with Gasteiger partial charge in [-0.05, 0) is 53.9 Å². The number of hydrogen-bond acceptors (Lipinski definition) is 4. The third kappa shape index (κ3) is 7.67. The van der Waals surface area contributed by atoms with Crippen molar-refractivity contribution >= 4 is 22.7 Å². The molecule has 4 heteroatoms. The fourth-order valence-corrected chi connectivity index (χ4v) is 5.63. The van der Waals surface area contributed by atoms with E-state index in [1.165, 1.54) is 66.7 Å². The highest BCUT2D eigenvalue weighted by atomic mass is 32.1. The van der Waals surface area contributed by atoms with Crippen LogP contribution >= 0.6 is 22.7 Å². The maximum absolute atomic E-state index is 6.29. The van der Waals surface area contributed by atoms with E-state index in [1.54, 1.807) is 22.7 Å². The van der Waals surface area contributed by atoms with Crippen LogP contribution in [0.5, 0.6) is 11.5 Å². The summed E-state index contributed by atoms with van der Waals surface area (Å²) in [6.07, 6.45) is 12.5. The van der Waals surface area contributed by atoms with E-state index in [4.69, 9.17) is 9.47 Å². The van der Waals surface area contributed by atoms with Crippen molar-refractivity contribution in [1.82, 2.24) is 0 Å². The van der Waals surface area contributed by atoms with Gasteiger partial charge in [0.15, 0.2) is 0 Å². The zero-order valence-electron chi connectivity index (χ0n) is 19.7. The summed E-state index contributed by atoms with van der Waals surface area (Å²) in [6.45, 7) is 6.06. The second-order valence-electron chi connectivity index (χ2n) is 8.32. The van der Waals surface area contributed by atoms with Crippen molar-refractivity contribution in [2.24, 2.45) is 0 Å². The molecule has 2 aromatic heterocycles. The van der Waals surface area contributed by atoms with Crippen LogP contribution in [-0.2, 0) is 0 Å². The lowest BCUT2D eigenvalue weighted by Crippen LogP contribution is -2.01. The van der Waals surface area contributed by atoms with Crippen LogP contribution in [0, 0.1) is 0 Å². The van der Waals surface area contributed by atoms with E-state index in [0.29, 0.717) is 0 Å². The average Bonchev–Trinajstić information content (AvgIpc) is 3.51. The van der Waals surface area contributed by atoms with Gasteiger partial charge in [0.2, 0.25) is 0 Å². The third-order valence-corrected chi connectivity index (χ3v) is 7.64. The van der Waals surface area contributed by atoms with Gasteiger partial charge in [-0.3, -0.25) is 0 Å². The van der Waals surface area contributed by atoms with Crippen LogP contribution in [0.1, 0.15) is 78.1 Å². The highest BCUT2D eigenvalue weighted by molar-refractivity contribution is 7.20. The summed E-state index contributed by atoms with van der Waals surface area (Å²) in [4.78, 5) is 2.62. The molecular formula is C28H38O2S2. The molecule has 3 rings (SSSR count). The van der Waals surface area contributed by atoms with Gasteiger partial charge in [-0.15, -0.1) is 22.7 Å². The van der Waals surface area contributed by atoms with Crippen molar-refractivity contribution < 1.29 is 9.47 Å². The number of hydrogen-bond donors (Lipinski definition) is 0. The van der Waals surface area contributed by atoms with Crippen molar-refractivity contribution in [3.8, 4) is 32.4 Å². The standard InChI is InChI=1S/C28H38O2S2/c1-3-5-7-9-11-18-29-23-15-16-26(30-19-12-10-8-6-4-2)25(22-23)24-17-21-32-28(24)27-14-13-20-31-27/h13-17,20-22H,3-12,18-19H2,1-2H3. The van der Waals surface area contributed by atoms with Crippen LogP contribution in [0.2, 0.25) is 0 Å². The first-order chi connectivity index (χ1) is 15.8. The predicted molar refractivity (Wildman–Crippen MR) is 142 cm³/mol. The molecule has 0 unspecified atom stereocenters. The van der Waals surface area contributed by atoms with Crippen molar-refractivity contribution in [2.45, 2.75) is 78.1 Å². The van der Waals surface area contributed by atoms with Crippen LogP contribution in [0.4, 0.5) is 0 Å². The summed E-state index contributed by atoms with van der Waals surface area (Å²) < 4.78 is 12.4. The third-order valence-electron chi connectivity index (χ3n) is 5.67. The molecule has 0 atom stereocenters. The Balaban J connectivity index is 1.71. The average molecular weight is 471 g/mol. The van der Waals surface area contributed by atoms with Crippen LogP contribution in [0.3, 0.4) is 0 Å². The number of rotatable bonds is 16. The minimum absolute atomic E-state index is 0.771. The van der Waals surface area contributed by atoms with Crippen molar-refractivity contribution in [2.75, 3.05) is 13.2 Å². The molecule has 0 aliphatic heterocycles. The summed E-state index contributed by atoms with van der Waals surface area (Å²) in [5, 5.41) is 4.32. The molecule has 0 spiro atoms. The number of ether oxygens (including phenoxy) is 2. The fourth-order valence-electron chi connectivity index (χ4n) is 3.84. The van der Waals surface area contributed by atoms with E-state index >= 15 is 0 Å². The predicted octanol–water partition coefficient (Wildman–Crippen LogP) is 9.84. The highest BCUT2D eigenvalue weighted by Crippen LogP contribution is 2.43. The molecule has 0 saturated carbocycles. The van der Waals surface area contributed by atoms with Crippen LogP contribution in [0.15, 0.2) is 47.2 Å². The lowest BCUT2D eigenvalue weighted by Gasteiger charge is -2.15. The Morgan fingerprint density at radius 2 is 1.38 bits per heavy atom. The molecule has 0 saturated heterocycles. The molecule has 0 radical (unpaired) electrons. The molecule has 0 aliphatic rings. The Kier molecular flexibility index (Phi) is 11.2. The summed E-state index contributed by atoms with van der Waals surface area (Å²) in [6, 6.07) is 12.9. The van der Waals surface area contributed by atoms with E-state index < -0.39 is 0 Å². The van der Waals surface area contributed by atoms with E-state index in [-0.39, 0.29) is 0 Å². The monoisotopic (exact) mass is 470 g/mol. The Bertz CT molecular complexity index is 883. The molecule has 1 aromatic carbocycles. The summed E-state index contributed by atoms with van der Waals surface area (Å²) >= 11 is 3.59. The van der Waals surface area contributed by atoms with Crippen LogP contribution in [-0.4, -0.2) is 13.2 Å². The molecule has 2 nitrogen and oxygen atoms in total. The normalized spacial score (nSPS) is 11.1. The van der Waals surface area contributed by atoms with Gasteiger partial charge < -0.3 is 9.47 Å². The quantitative estimate of drug-likeness (QED) is 0.194. The first-order valence-corrected chi connectivity index (χ1v) is 14.1. The summed E-state index contributed by atoms with van der Waals surface area (Å²) in [7, 11) is 0. The number of unbranched alkanes of at least 4 members (excludes halogenated alkanes) is 8. The molecule has 0 N–H and O–H groups in total. The van der Waals surface area contributed by atoms with Gasteiger partial charge in [0.25, 0.3) is 0 Å². The highest BCUT2D eigenvalue weighted by Gasteiger charge is 2.16. The smallest absolute Gasteiger partial charge is 0.127 e. The van der Waals surface area contributed by atoms with Gasteiger partial charge in [-0.25, -0.2) is 0 Å². The fraction of sp³-hybridized carbons (Fsp3) is 0.500. The second-order valence-corrected chi connectivity index (χ2v) is 10.2. The number of benzene rings is 1. The van der Waals surface area contributed by atoms with E-state index in [2.05, 4.69) is 61.0 Å². The SMILES string of the molecule is CCCCCCCOc1ccc(OCCCCCCC)c(-c2ccsc2-c2cccs2)c1. The largest absolute Gasteiger partial charge is 0.494 e. The van der Waals surface area contributed by atoms with Crippen molar-refractivity contribution in [1.29, 1.82) is 0 Å². The Morgan fingerprint density at radius 1 is 0.656 bits per heavy atom. The van der Waals surface area contributed by atoms with Crippen LogP contribution in [0.25, 0.3) is 20.9 Å². The lowest BCUT2D eigenvalue weighted by molar-refractivity contribution is 0.297. The molecule has 32 heavy (non-hydrogen) atoms. The van der Waals surface area contributed by atoms with Crippen molar-refractivity contribution in [3.05, 3.63) is 47.2 Å². The van der Waals surface area contributed by atoms with E-state index in [1.807, 2.05) is 0 Å². The molecule has 0 bridgehead atoms. The van der Waals surface area contributed by atoms with Gasteiger partial charge in [-0.2, -0.15) is 0 Å². The molecule has 174 valence electrons. The zero-order valence-corrected chi connectivity index (χ0v) is 21.4. The van der Waals surface area contributed by atoms with Gasteiger partial charge >= 0.3 is 0 Å². The molecule has 3 aromatic rings. The maximum atomic E-state index is 6.29. The minimum Gasteiger partial charge on any atom is -0.494 e. The Labute approximate surface area is 202 Å². The van der Waals surface area contributed by atoms with Crippen LogP contribution < -0.4 is 9.47 Å². The van der Waals surface area contributed by atoms with Gasteiger partial charge in [-0.1, -0.05) is 71.3 Å². The van der Waals surface area contributed by atoms with Gasteiger partial charge in [0.05, 0.1) is 18.1 Å². The van der Waals surface area contributed by atoms with Crippen molar-refractivity contribution in [3.63, 3.8) is 0 Å². The van der Waals surface area contributed by atoms with E-state index in [9.17, 15) is 0 Å². The molecule has 0 aliphatic carbocycles. The van der Waals surface area contributed by atoms with Gasteiger partial charge in [0, 0.05) is 16.0 Å². The number of thiophene rings is 2. The molecule has 2 heterocycles. The minimum atomic E-state index is 0.771. The zero-order chi connectivity index (χ0) is 22.4. The molecule has 0 fully saturated rings. The van der Waals surface area contributed by atoms with E-state index in [0.717, 1.165) is 43.1 Å². The topological polar surface area (TPSA) is 18.5 Å².